The van der Waals surface area contributed by atoms with Crippen LogP contribution in [0.4, 0.5) is 4.39 Å². The predicted octanol–water partition coefficient (Wildman–Crippen LogP) is 5.74. The number of likely N-dealkylation sites (tertiary alicyclic amines) is 1. The van der Waals surface area contributed by atoms with Crippen molar-refractivity contribution in [1.82, 2.24) is 4.90 Å². The summed E-state index contributed by atoms with van der Waals surface area (Å²) in [6, 6.07) is 13.8. The van der Waals surface area contributed by atoms with E-state index in [1.807, 2.05) is 24.3 Å². The summed E-state index contributed by atoms with van der Waals surface area (Å²) in [5.41, 5.74) is 8.21. The van der Waals surface area contributed by atoms with Crippen LogP contribution in [0.5, 0.6) is 5.75 Å². The topological polar surface area (TPSA) is 90.3 Å². The molecule has 1 unspecified atom stereocenters. The fourth-order valence-corrected chi connectivity index (χ4v) is 3.96. The molecule has 0 bridgehead atoms. The number of phenols is 1. The zero-order valence-corrected chi connectivity index (χ0v) is 20.1. The number of nitrogens with two attached hydrogens (primary N) is 1. The lowest BCUT2D eigenvalue weighted by atomic mass is 9.96. The molecule has 0 aliphatic carbocycles. The fraction of sp³-hybridized carbons (Fsp3) is 0.429. The number of benzene rings is 2. The van der Waals surface area contributed by atoms with Gasteiger partial charge in [0.1, 0.15) is 17.6 Å². The predicted molar refractivity (Wildman–Crippen MR) is 135 cm³/mol. The van der Waals surface area contributed by atoms with E-state index in [0.29, 0.717) is 12.3 Å². The van der Waals surface area contributed by atoms with Crippen molar-refractivity contribution in [2.45, 2.75) is 57.8 Å². The Kier molecular flexibility index (Phi) is 11.3. The van der Waals surface area contributed by atoms with Gasteiger partial charge in [0.15, 0.2) is 0 Å². The Morgan fingerprint density at radius 1 is 1.18 bits per heavy atom. The van der Waals surface area contributed by atoms with Crippen LogP contribution in [0.25, 0.3) is 5.57 Å². The molecule has 5 nitrogen and oxygen atoms in total. The molecular formula is C28H36FN3O2. The van der Waals surface area contributed by atoms with Crippen molar-refractivity contribution < 1.29 is 14.3 Å². The number of halogens is 1. The summed E-state index contributed by atoms with van der Waals surface area (Å²) < 4.78 is 13.5. The van der Waals surface area contributed by atoms with E-state index in [1.165, 1.54) is 32.0 Å². The maximum absolute atomic E-state index is 13.5. The number of primary amides is 1. The first-order chi connectivity index (χ1) is 16.3. The number of hydrogen-bond donors (Lipinski definition) is 2. The normalized spacial score (nSPS) is 14.0. The number of hydrogen-bond acceptors (Lipinski definition) is 4. The minimum Gasteiger partial charge on any atom is -0.508 e. The number of nitriles is 1. The van der Waals surface area contributed by atoms with Gasteiger partial charge in [-0.15, -0.1) is 0 Å². The maximum Gasteiger partial charge on any atom is 0.217 e. The van der Waals surface area contributed by atoms with Gasteiger partial charge in [0.25, 0.3) is 0 Å². The second-order valence-electron chi connectivity index (χ2n) is 8.91. The van der Waals surface area contributed by atoms with Gasteiger partial charge in [-0.1, -0.05) is 31.7 Å². The minimum atomic E-state index is -0.400. The van der Waals surface area contributed by atoms with E-state index >= 15 is 0 Å². The van der Waals surface area contributed by atoms with E-state index in [1.54, 1.807) is 18.2 Å². The molecule has 182 valence electrons. The number of allylic oxidation sites excluding steroid dienone is 1. The summed E-state index contributed by atoms with van der Waals surface area (Å²) in [6.07, 6.45) is 6.64. The Morgan fingerprint density at radius 3 is 2.41 bits per heavy atom. The van der Waals surface area contributed by atoms with Crippen LogP contribution in [-0.4, -0.2) is 35.5 Å². The second-order valence-corrected chi connectivity index (χ2v) is 8.91. The smallest absolute Gasteiger partial charge is 0.217 e. The van der Waals surface area contributed by atoms with Crippen molar-refractivity contribution in [1.29, 1.82) is 5.26 Å². The Bertz CT molecular complexity index is 976. The highest BCUT2D eigenvalue weighted by atomic mass is 19.1. The average Bonchev–Trinajstić information content (AvgIpc) is 3.34. The van der Waals surface area contributed by atoms with Gasteiger partial charge >= 0.3 is 0 Å². The highest BCUT2D eigenvalue weighted by molar-refractivity contribution is 5.73. The number of nitrogens with zero attached hydrogens (tertiary/aromatic N) is 2. The fourth-order valence-electron chi connectivity index (χ4n) is 3.96. The largest absolute Gasteiger partial charge is 0.508 e. The summed E-state index contributed by atoms with van der Waals surface area (Å²) in [5.74, 6) is -0.0589. The van der Waals surface area contributed by atoms with E-state index in [9.17, 15) is 9.18 Å². The lowest BCUT2D eigenvalue weighted by Gasteiger charge is -2.18. The van der Waals surface area contributed by atoms with Gasteiger partial charge in [-0.25, -0.2) is 4.39 Å². The third kappa shape index (κ3) is 9.36. The Hall–Kier alpha value is -3.17. The van der Waals surface area contributed by atoms with Crippen molar-refractivity contribution in [3.63, 3.8) is 0 Å². The average molecular weight is 466 g/mol. The molecule has 6 heteroatoms. The number of rotatable bonds is 10. The summed E-state index contributed by atoms with van der Waals surface area (Å²) in [4.78, 5) is 13.0. The van der Waals surface area contributed by atoms with Crippen molar-refractivity contribution in [2.24, 2.45) is 5.73 Å². The summed E-state index contributed by atoms with van der Waals surface area (Å²) in [5, 5.41) is 17.8. The monoisotopic (exact) mass is 465 g/mol. The molecule has 1 saturated heterocycles. The molecule has 1 aliphatic rings. The maximum atomic E-state index is 13.5. The molecule has 3 rings (SSSR count). The van der Waals surface area contributed by atoms with Crippen LogP contribution in [0.1, 0.15) is 74.5 Å². The van der Waals surface area contributed by atoms with E-state index in [-0.39, 0.29) is 17.2 Å². The number of carbonyl (C=O) groups is 1. The molecular weight excluding hydrogens is 429 g/mol. The van der Waals surface area contributed by atoms with Crippen molar-refractivity contribution in [3.8, 4) is 11.8 Å². The third-order valence-corrected chi connectivity index (χ3v) is 6.19. The van der Waals surface area contributed by atoms with E-state index in [2.05, 4.69) is 18.4 Å². The first kappa shape index (κ1) is 27.1. The lowest BCUT2D eigenvalue weighted by Crippen LogP contribution is -2.21. The Morgan fingerprint density at radius 2 is 1.82 bits per heavy atom. The van der Waals surface area contributed by atoms with Crippen molar-refractivity contribution >= 4 is 11.5 Å². The number of phenolic OH excluding ortho intramolecular Hbond substituents is 1. The first-order valence-corrected chi connectivity index (χ1v) is 12.0. The Labute approximate surface area is 202 Å². The molecule has 34 heavy (non-hydrogen) atoms. The molecule has 0 radical (unpaired) electrons. The van der Waals surface area contributed by atoms with Crippen LogP contribution in [-0.2, 0) is 4.79 Å². The van der Waals surface area contributed by atoms with Gasteiger partial charge in [0, 0.05) is 6.42 Å². The third-order valence-electron chi connectivity index (χ3n) is 6.19. The van der Waals surface area contributed by atoms with Crippen molar-refractivity contribution in [2.75, 3.05) is 19.6 Å². The quantitative estimate of drug-likeness (QED) is 0.438. The number of aromatic hydroxyl groups is 1. The molecule has 2 aromatic rings. The van der Waals surface area contributed by atoms with Gasteiger partial charge in [-0.05, 0) is 105 Å². The molecule has 1 amide bonds. The highest BCUT2D eigenvalue weighted by Gasteiger charge is 2.14. The van der Waals surface area contributed by atoms with Crippen LogP contribution in [0.3, 0.4) is 0 Å². The molecule has 2 aromatic carbocycles. The number of carbonyl (C=O) groups excluding carboxylic acids is 1. The van der Waals surface area contributed by atoms with Gasteiger partial charge in [0.2, 0.25) is 5.91 Å². The van der Waals surface area contributed by atoms with Crippen LogP contribution < -0.4 is 5.73 Å². The molecule has 1 aliphatic heterocycles. The van der Waals surface area contributed by atoms with Gasteiger partial charge in [-0.2, -0.15) is 5.26 Å². The molecule has 1 atom stereocenters. The van der Waals surface area contributed by atoms with Gasteiger partial charge in [0.05, 0.1) is 5.56 Å². The molecule has 1 heterocycles. The van der Waals surface area contributed by atoms with E-state index in [0.717, 1.165) is 48.9 Å². The van der Waals surface area contributed by atoms with E-state index < -0.39 is 5.82 Å². The number of unbranched alkanes of at least 4 members (excludes halogenated alkanes) is 1. The van der Waals surface area contributed by atoms with Crippen molar-refractivity contribution in [3.05, 3.63) is 71.6 Å². The highest BCUT2D eigenvalue weighted by Crippen LogP contribution is 2.23. The zero-order chi connectivity index (χ0) is 24.9. The Balaban J connectivity index is 0.000000242. The van der Waals surface area contributed by atoms with Crippen LogP contribution in [0, 0.1) is 17.1 Å². The van der Waals surface area contributed by atoms with Crippen LogP contribution in [0.2, 0.25) is 0 Å². The molecule has 0 aromatic heterocycles. The van der Waals surface area contributed by atoms with Crippen LogP contribution in [0.15, 0.2) is 49.0 Å². The zero-order valence-electron chi connectivity index (χ0n) is 20.1. The van der Waals surface area contributed by atoms with E-state index in [4.69, 9.17) is 16.1 Å². The lowest BCUT2D eigenvalue weighted by molar-refractivity contribution is -0.118. The summed E-state index contributed by atoms with van der Waals surface area (Å²) in [7, 11) is 0. The van der Waals surface area contributed by atoms with Gasteiger partial charge < -0.3 is 15.7 Å². The summed E-state index contributed by atoms with van der Waals surface area (Å²) >= 11 is 0. The van der Waals surface area contributed by atoms with Crippen LogP contribution >= 0.6 is 0 Å². The van der Waals surface area contributed by atoms with Gasteiger partial charge in [-0.3, -0.25) is 4.79 Å². The minimum absolute atomic E-state index is 0.130. The SMILES string of the molecule is C=C(CCCCC(N)=O)c1ccc(O)cc1.CC(CCN1CCCC1)c1ccc(C#N)c(F)c1. The standard InChI is InChI=1S/C15H19FN2.C13H17NO2/c1-12(6-9-18-7-2-3-8-18)13-4-5-14(11-17)15(16)10-13;1-10(4-2-3-5-13(14)16)11-6-8-12(15)9-7-11/h4-5,10,12H,2-3,6-9H2,1H3;6-9,15H,1-5H2,(H2,14,16). The number of amides is 1. The summed E-state index contributed by atoms with van der Waals surface area (Å²) in [6.45, 7) is 9.59. The molecule has 0 saturated carbocycles. The molecule has 1 fully saturated rings. The first-order valence-electron chi connectivity index (χ1n) is 12.0. The second kappa shape index (κ2) is 14.2. The molecule has 0 spiro atoms. The molecule has 3 N–H and O–H groups in total.